The Balaban J connectivity index is 2.85. The minimum absolute atomic E-state index is 0.0776. The van der Waals surface area contributed by atoms with Gasteiger partial charge in [-0.2, -0.15) is 0 Å². The van der Waals surface area contributed by atoms with Crippen molar-refractivity contribution in [1.29, 1.82) is 0 Å². The summed E-state index contributed by atoms with van der Waals surface area (Å²) in [7, 11) is 0. The molecule has 0 aliphatic carbocycles. The summed E-state index contributed by atoms with van der Waals surface area (Å²) in [4.78, 5) is 0. The molecule has 66 valence electrons. The van der Waals surface area contributed by atoms with Gasteiger partial charge in [0.05, 0.1) is 0 Å². The molecule has 2 N–H and O–H groups in total. The van der Waals surface area contributed by atoms with E-state index >= 15 is 0 Å². The van der Waals surface area contributed by atoms with Crippen LogP contribution in [0.2, 0.25) is 0 Å². The van der Waals surface area contributed by atoms with Crippen LogP contribution in [0.4, 0.5) is 8.78 Å². The zero-order chi connectivity index (χ0) is 9.14. The highest BCUT2D eigenvalue weighted by atomic mass is 19.1. The Hall–Kier alpha value is -0.960. The van der Waals surface area contributed by atoms with E-state index in [2.05, 4.69) is 0 Å². The van der Waals surface area contributed by atoms with Gasteiger partial charge >= 0.3 is 0 Å². The second-order valence-corrected chi connectivity index (χ2v) is 2.96. The minimum Gasteiger partial charge on any atom is -0.328 e. The van der Waals surface area contributed by atoms with Gasteiger partial charge in [0.15, 0.2) is 0 Å². The van der Waals surface area contributed by atoms with E-state index in [1.807, 2.05) is 0 Å². The van der Waals surface area contributed by atoms with Gasteiger partial charge < -0.3 is 5.73 Å². The molecular formula is C9H11F2N. The van der Waals surface area contributed by atoms with Crippen LogP contribution in [0.25, 0.3) is 0 Å². The van der Waals surface area contributed by atoms with Crippen LogP contribution >= 0.6 is 0 Å². The third-order valence-corrected chi connectivity index (χ3v) is 1.48. The van der Waals surface area contributed by atoms with E-state index in [-0.39, 0.29) is 6.04 Å². The second-order valence-electron chi connectivity index (χ2n) is 2.96. The quantitative estimate of drug-likeness (QED) is 0.722. The molecule has 1 aromatic carbocycles. The van der Waals surface area contributed by atoms with Crippen LogP contribution in [-0.4, -0.2) is 6.04 Å². The fourth-order valence-electron chi connectivity index (χ4n) is 1.10. The molecule has 1 aromatic rings. The van der Waals surface area contributed by atoms with Crippen molar-refractivity contribution in [2.75, 3.05) is 0 Å². The van der Waals surface area contributed by atoms with E-state index in [4.69, 9.17) is 5.73 Å². The normalized spacial score (nSPS) is 13.0. The van der Waals surface area contributed by atoms with Gasteiger partial charge in [-0.3, -0.25) is 0 Å². The molecule has 3 heteroatoms. The van der Waals surface area contributed by atoms with E-state index in [0.717, 1.165) is 6.07 Å². The van der Waals surface area contributed by atoms with Crippen molar-refractivity contribution >= 4 is 0 Å². The number of hydrogen-bond acceptors (Lipinski definition) is 1. The first-order valence-electron chi connectivity index (χ1n) is 3.78. The van der Waals surface area contributed by atoms with Crippen molar-refractivity contribution in [2.45, 2.75) is 19.4 Å². The summed E-state index contributed by atoms with van der Waals surface area (Å²) < 4.78 is 25.2. The second kappa shape index (κ2) is 3.63. The summed E-state index contributed by atoms with van der Waals surface area (Å²) in [6.07, 6.45) is 0.495. The van der Waals surface area contributed by atoms with Crippen molar-refractivity contribution < 1.29 is 8.78 Å². The Kier molecular flexibility index (Phi) is 2.76. The zero-order valence-electron chi connectivity index (χ0n) is 6.85. The van der Waals surface area contributed by atoms with Crippen LogP contribution in [0.3, 0.4) is 0 Å². The maximum Gasteiger partial charge on any atom is 0.126 e. The molecule has 0 heterocycles. The molecule has 0 amide bonds. The predicted molar refractivity (Wildman–Crippen MR) is 43.7 cm³/mol. The van der Waals surface area contributed by atoms with Crippen LogP contribution < -0.4 is 5.73 Å². The first-order valence-corrected chi connectivity index (χ1v) is 3.78. The fourth-order valence-corrected chi connectivity index (χ4v) is 1.10. The molecule has 1 nitrogen and oxygen atoms in total. The first kappa shape index (κ1) is 9.13. The summed E-state index contributed by atoms with van der Waals surface area (Å²) in [5, 5.41) is 0. The van der Waals surface area contributed by atoms with Crippen molar-refractivity contribution in [1.82, 2.24) is 0 Å². The Labute approximate surface area is 70.2 Å². The molecule has 0 bridgehead atoms. The minimum atomic E-state index is -0.550. The van der Waals surface area contributed by atoms with E-state index < -0.39 is 11.6 Å². The number of nitrogens with two attached hydrogens (primary N) is 1. The van der Waals surface area contributed by atoms with Gasteiger partial charge in [0, 0.05) is 12.1 Å². The van der Waals surface area contributed by atoms with Gasteiger partial charge in [0.2, 0.25) is 0 Å². The van der Waals surface area contributed by atoms with Gasteiger partial charge in [-0.1, -0.05) is 0 Å². The van der Waals surface area contributed by atoms with Crippen LogP contribution in [0, 0.1) is 11.6 Å². The van der Waals surface area contributed by atoms with Crippen LogP contribution in [0.15, 0.2) is 18.2 Å². The highest BCUT2D eigenvalue weighted by Gasteiger charge is 2.02. The number of hydrogen-bond donors (Lipinski definition) is 1. The molecule has 0 saturated carbocycles. The van der Waals surface area contributed by atoms with Crippen LogP contribution in [0.1, 0.15) is 12.5 Å². The highest BCUT2D eigenvalue weighted by Crippen LogP contribution is 2.09. The van der Waals surface area contributed by atoms with Gasteiger partial charge in [0.25, 0.3) is 0 Å². The maximum atomic E-state index is 12.6. The average molecular weight is 171 g/mol. The van der Waals surface area contributed by atoms with Crippen molar-refractivity contribution in [3.05, 3.63) is 35.4 Å². The lowest BCUT2D eigenvalue weighted by Crippen LogP contribution is -2.17. The summed E-state index contributed by atoms with van der Waals surface area (Å²) in [5.41, 5.74) is 6.08. The summed E-state index contributed by atoms with van der Waals surface area (Å²) in [5.74, 6) is -1.10. The molecule has 1 rings (SSSR count). The molecule has 0 unspecified atom stereocenters. The van der Waals surface area contributed by atoms with Gasteiger partial charge in [-0.25, -0.2) is 8.78 Å². The van der Waals surface area contributed by atoms with Crippen molar-refractivity contribution in [3.63, 3.8) is 0 Å². The molecule has 12 heavy (non-hydrogen) atoms. The van der Waals surface area contributed by atoms with E-state index in [0.29, 0.717) is 12.0 Å². The Morgan fingerprint density at radius 1 is 1.25 bits per heavy atom. The number of halogens is 2. The lowest BCUT2D eigenvalue weighted by molar-refractivity contribution is 0.577. The largest absolute Gasteiger partial charge is 0.328 e. The first-order chi connectivity index (χ1) is 5.58. The van der Waals surface area contributed by atoms with Gasteiger partial charge in [-0.15, -0.1) is 0 Å². The Morgan fingerprint density at radius 3 is 2.17 bits per heavy atom. The summed E-state index contributed by atoms with van der Waals surface area (Å²) in [6.45, 7) is 1.79. The highest BCUT2D eigenvalue weighted by molar-refractivity contribution is 5.18. The SMILES string of the molecule is C[C@H](N)Cc1cc(F)cc(F)c1. The Morgan fingerprint density at radius 2 is 1.75 bits per heavy atom. The molecule has 0 aliphatic rings. The average Bonchev–Trinajstić information content (AvgIpc) is 1.81. The zero-order valence-corrected chi connectivity index (χ0v) is 6.85. The van der Waals surface area contributed by atoms with Crippen molar-refractivity contribution in [3.8, 4) is 0 Å². The fraction of sp³-hybridized carbons (Fsp3) is 0.333. The van der Waals surface area contributed by atoms with Crippen molar-refractivity contribution in [2.24, 2.45) is 5.73 Å². The van der Waals surface area contributed by atoms with Gasteiger partial charge in [-0.05, 0) is 31.0 Å². The third kappa shape index (κ3) is 2.58. The summed E-state index contributed by atoms with van der Waals surface area (Å²) >= 11 is 0. The smallest absolute Gasteiger partial charge is 0.126 e. The standard InChI is InChI=1S/C9H11F2N/c1-6(12)2-7-3-8(10)5-9(11)4-7/h3-6H,2,12H2,1H3/t6-/m0/s1. The molecule has 0 aromatic heterocycles. The van der Waals surface area contributed by atoms with E-state index in [1.165, 1.54) is 12.1 Å². The monoisotopic (exact) mass is 171 g/mol. The summed E-state index contributed by atoms with van der Waals surface area (Å²) in [6, 6.07) is 3.37. The molecule has 0 radical (unpaired) electrons. The van der Waals surface area contributed by atoms with E-state index in [9.17, 15) is 8.78 Å². The predicted octanol–water partition coefficient (Wildman–Crippen LogP) is 1.85. The molecule has 0 saturated heterocycles. The topological polar surface area (TPSA) is 26.0 Å². The lowest BCUT2D eigenvalue weighted by atomic mass is 10.1. The number of rotatable bonds is 2. The number of benzene rings is 1. The van der Waals surface area contributed by atoms with Gasteiger partial charge in [0.1, 0.15) is 11.6 Å². The molecule has 1 atom stereocenters. The maximum absolute atomic E-state index is 12.6. The molecular weight excluding hydrogens is 160 g/mol. The van der Waals surface area contributed by atoms with Crippen LogP contribution in [0.5, 0.6) is 0 Å². The lowest BCUT2D eigenvalue weighted by Gasteiger charge is -2.04. The van der Waals surface area contributed by atoms with Crippen LogP contribution in [-0.2, 0) is 6.42 Å². The Bertz CT molecular complexity index is 251. The third-order valence-electron chi connectivity index (χ3n) is 1.48. The molecule has 0 fully saturated rings. The molecule has 0 aliphatic heterocycles. The molecule has 0 spiro atoms. The van der Waals surface area contributed by atoms with E-state index in [1.54, 1.807) is 6.92 Å².